The van der Waals surface area contributed by atoms with E-state index in [1.807, 2.05) is 0 Å². The molecule has 0 aliphatic carbocycles. The Morgan fingerprint density at radius 3 is 2.33 bits per heavy atom. The average molecular weight is 618 g/mol. The number of benzene rings is 1. The molecule has 1 N–H and O–H groups in total. The first-order valence-electron chi connectivity index (χ1n) is 11.5. The number of hydrogen-bond donors (Lipinski definition) is 1. The average Bonchev–Trinajstić information content (AvgIpc) is 3.07. The molecule has 7 nitrogen and oxygen atoms in total. The first kappa shape index (κ1) is 32.8. The molecule has 39 heavy (non-hydrogen) atoms. The Balaban J connectivity index is 2.68. The molecule has 0 saturated carbocycles. The van der Waals surface area contributed by atoms with E-state index in [0.29, 0.717) is 4.68 Å². The summed E-state index contributed by atoms with van der Waals surface area (Å²) in [4.78, 5) is 0. The van der Waals surface area contributed by atoms with Crippen LogP contribution in [-0.2, 0) is 32.8 Å². The van der Waals surface area contributed by atoms with Crippen LogP contribution in [0.4, 0.5) is 27.8 Å². The fourth-order valence-electron chi connectivity index (χ4n) is 3.61. The molecule has 2 atom stereocenters. The number of allylic oxidation sites excluding steroid dienone is 2. The lowest BCUT2D eigenvalue weighted by Crippen LogP contribution is -2.29. The minimum absolute atomic E-state index is 0.0904. The van der Waals surface area contributed by atoms with Gasteiger partial charge >= 0.3 is 6.18 Å². The number of halogens is 6. The van der Waals surface area contributed by atoms with Crippen LogP contribution in [-0.4, -0.2) is 56.2 Å². The molecule has 218 valence electrons. The molecule has 15 heteroatoms. The van der Waals surface area contributed by atoms with Crippen molar-refractivity contribution in [3.63, 3.8) is 0 Å². The summed E-state index contributed by atoms with van der Waals surface area (Å²) in [6, 6.07) is 2.69. The quantitative estimate of drug-likeness (QED) is 0.276. The largest absolute Gasteiger partial charge is 0.408 e. The standard InChI is InChI=1S/C24H29ClF5N3O4S2/c1-15(26)8-11-19(27)16(7-6-12-23(2,3)38(4,34)35)13-17-9-10-18(25)20-21(17)33(14-24(28,29)30)31-22(20)32-39(5,36)37/h8-10,16,19H,7,11,13-14H2,1-5H3,(H,31,32)/b15-8+. The van der Waals surface area contributed by atoms with Crippen LogP contribution in [0.1, 0.15) is 39.2 Å². The third kappa shape index (κ3) is 9.36. The molecule has 0 aliphatic heterocycles. The van der Waals surface area contributed by atoms with Gasteiger partial charge in [-0.2, -0.15) is 18.3 Å². The zero-order valence-electron chi connectivity index (χ0n) is 21.8. The second-order valence-electron chi connectivity index (χ2n) is 9.72. The summed E-state index contributed by atoms with van der Waals surface area (Å²) < 4.78 is 118. The number of fused-ring (bicyclic) bond motifs is 1. The Morgan fingerprint density at radius 1 is 1.21 bits per heavy atom. The maximum absolute atomic E-state index is 15.3. The Hall–Kier alpha value is -2.37. The molecule has 2 unspecified atom stereocenters. The van der Waals surface area contributed by atoms with Crippen LogP contribution in [0.5, 0.6) is 0 Å². The highest BCUT2D eigenvalue weighted by Gasteiger charge is 2.32. The topological polar surface area (TPSA) is 98.1 Å². The SMILES string of the molecule is C/C(F)=C\CC(F)C(CC#CC(C)(C)S(C)(=O)=O)Cc1ccc(Cl)c2c(NS(C)(=O)=O)nn(CC(F)(F)F)c12. The van der Waals surface area contributed by atoms with E-state index in [-0.39, 0.29) is 40.8 Å². The second kappa shape index (κ2) is 12.0. The summed E-state index contributed by atoms with van der Waals surface area (Å²) in [6.45, 7) is 2.30. The first-order valence-corrected chi connectivity index (χ1v) is 15.7. The summed E-state index contributed by atoms with van der Waals surface area (Å²) in [7, 11) is -7.54. The van der Waals surface area contributed by atoms with Crippen LogP contribution in [0.15, 0.2) is 24.0 Å². The normalized spacial score (nSPS) is 15.1. The fourth-order valence-corrected chi connectivity index (χ4v) is 4.61. The van der Waals surface area contributed by atoms with E-state index in [4.69, 9.17) is 11.6 Å². The number of nitrogens with zero attached hydrogens (tertiary/aromatic N) is 2. The zero-order valence-corrected chi connectivity index (χ0v) is 24.2. The van der Waals surface area contributed by atoms with E-state index in [1.54, 1.807) is 0 Å². The highest BCUT2D eigenvalue weighted by Crippen LogP contribution is 2.36. The van der Waals surface area contributed by atoms with E-state index in [0.717, 1.165) is 25.5 Å². The number of sulfone groups is 1. The Morgan fingerprint density at radius 2 is 1.82 bits per heavy atom. The molecule has 1 aromatic heterocycles. The Bertz CT molecular complexity index is 1520. The molecular formula is C24H29ClF5N3O4S2. The maximum atomic E-state index is 15.3. The third-order valence-corrected chi connectivity index (χ3v) is 8.67. The van der Waals surface area contributed by atoms with Crippen molar-refractivity contribution in [2.24, 2.45) is 5.92 Å². The monoisotopic (exact) mass is 617 g/mol. The molecule has 2 rings (SSSR count). The van der Waals surface area contributed by atoms with Gasteiger partial charge in [-0.05, 0) is 45.2 Å². The van der Waals surface area contributed by atoms with Crippen LogP contribution >= 0.6 is 11.6 Å². The number of aromatic nitrogens is 2. The van der Waals surface area contributed by atoms with Crippen LogP contribution < -0.4 is 4.72 Å². The van der Waals surface area contributed by atoms with Gasteiger partial charge in [0.05, 0.1) is 28.0 Å². The van der Waals surface area contributed by atoms with Gasteiger partial charge in [0, 0.05) is 18.6 Å². The second-order valence-corrected chi connectivity index (χ2v) is 14.4. The van der Waals surface area contributed by atoms with Gasteiger partial charge in [0.25, 0.3) is 0 Å². The molecule has 0 spiro atoms. The van der Waals surface area contributed by atoms with E-state index in [9.17, 15) is 34.4 Å². The van der Waals surface area contributed by atoms with E-state index < -0.39 is 61.1 Å². The van der Waals surface area contributed by atoms with Gasteiger partial charge in [-0.15, -0.1) is 5.92 Å². The highest BCUT2D eigenvalue weighted by atomic mass is 35.5. The summed E-state index contributed by atoms with van der Waals surface area (Å²) in [5, 5.41) is 3.59. The lowest BCUT2D eigenvalue weighted by molar-refractivity contribution is -0.141. The van der Waals surface area contributed by atoms with Crippen LogP contribution in [0.3, 0.4) is 0 Å². The van der Waals surface area contributed by atoms with E-state index in [2.05, 4.69) is 21.7 Å². The summed E-state index contributed by atoms with van der Waals surface area (Å²) in [5.41, 5.74) is -0.00436. The lowest BCUT2D eigenvalue weighted by Gasteiger charge is -2.20. The number of nitrogens with one attached hydrogen (secondary N) is 1. The molecule has 2 aromatic rings. The summed E-state index contributed by atoms with van der Waals surface area (Å²) in [6.07, 6.45) is -4.41. The van der Waals surface area contributed by atoms with Crippen molar-refractivity contribution in [3.8, 4) is 11.8 Å². The van der Waals surface area contributed by atoms with Gasteiger partial charge in [0.2, 0.25) is 10.0 Å². The maximum Gasteiger partial charge on any atom is 0.408 e. The number of anilines is 1. The third-order valence-electron chi connectivity index (χ3n) is 5.84. The predicted octanol–water partition coefficient (Wildman–Crippen LogP) is 5.60. The minimum Gasteiger partial charge on any atom is -0.266 e. The van der Waals surface area contributed by atoms with Gasteiger partial charge < -0.3 is 0 Å². The van der Waals surface area contributed by atoms with Gasteiger partial charge in [0.15, 0.2) is 15.7 Å². The van der Waals surface area contributed by atoms with Crippen molar-refractivity contribution in [2.75, 3.05) is 17.2 Å². The Labute approximate surface area is 229 Å². The molecule has 1 aromatic carbocycles. The predicted molar refractivity (Wildman–Crippen MR) is 142 cm³/mol. The first-order chi connectivity index (χ1) is 17.6. The molecule has 0 radical (unpaired) electrons. The highest BCUT2D eigenvalue weighted by molar-refractivity contribution is 7.92. The molecule has 0 bridgehead atoms. The molecule has 1 heterocycles. The number of hydrogen-bond acceptors (Lipinski definition) is 5. The molecule has 0 aliphatic rings. The van der Waals surface area contributed by atoms with Crippen molar-refractivity contribution < 1.29 is 38.8 Å². The molecular weight excluding hydrogens is 589 g/mol. The minimum atomic E-state index is -4.74. The number of rotatable bonds is 10. The summed E-state index contributed by atoms with van der Waals surface area (Å²) >= 11 is 6.24. The molecule has 0 fully saturated rings. The number of alkyl halides is 4. The fraction of sp³-hybridized carbons (Fsp3) is 0.542. The van der Waals surface area contributed by atoms with E-state index >= 15 is 4.39 Å². The van der Waals surface area contributed by atoms with Gasteiger partial charge in [-0.25, -0.2) is 25.6 Å². The van der Waals surface area contributed by atoms with Crippen LogP contribution in [0.25, 0.3) is 10.9 Å². The lowest BCUT2D eigenvalue weighted by atomic mass is 9.89. The molecule has 0 amide bonds. The smallest absolute Gasteiger partial charge is 0.266 e. The number of sulfonamides is 1. The van der Waals surface area contributed by atoms with Crippen molar-refractivity contribution in [3.05, 3.63) is 34.6 Å². The summed E-state index contributed by atoms with van der Waals surface area (Å²) in [5.74, 6) is 3.20. The van der Waals surface area contributed by atoms with Gasteiger partial charge in [-0.3, -0.25) is 9.40 Å². The van der Waals surface area contributed by atoms with Crippen LogP contribution in [0.2, 0.25) is 5.02 Å². The van der Waals surface area contributed by atoms with Crippen LogP contribution in [0, 0.1) is 17.8 Å². The van der Waals surface area contributed by atoms with Gasteiger partial charge in [-0.1, -0.05) is 29.7 Å². The van der Waals surface area contributed by atoms with Crippen molar-refractivity contribution in [1.29, 1.82) is 0 Å². The van der Waals surface area contributed by atoms with Gasteiger partial charge in [0.1, 0.15) is 17.5 Å². The molecule has 0 saturated heterocycles. The van der Waals surface area contributed by atoms with E-state index in [1.165, 1.54) is 26.0 Å². The van der Waals surface area contributed by atoms with Crippen molar-refractivity contribution in [2.45, 2.75) is 63.7 Å². The zero-order chi connectivity index (χ0) is 30.0. The van der Waals surface area contributed by atoms with Crippen molar-refractivity contribution in [1.82, 2.24) is 9.78 Å². The van der Waals surface area contributed by atoms with Crippen molar-refractivity contribution >= 4 is 48.2 Å². The Kier molecular flexibility index (Phi) is 10.1.